The highest BCUT2D eigenvalue weighted by Crippen LogP contribution is 2.29. The van der Waals surface area contributed by atoms with E-state index in [-0.39, 0.29) is 12.4 Å². The molecule has 1 fully saturated rings. The molecule has 0 bridgehead atoms. The minimum atomic E-state index is -1.04. The van der Waals surface area contributed by atoms with Crippen molar-refractivity contribution in [3.05, 3.63) is 0 Å². The number of ketones is 2. The predicted molar refractivity (Wildman–Crippen MR) is 60.8 cm³/mol. The third-order valence-electron chi connectivity index (χ3n) is 2.44. The molecule has 1 rings (SSSR count). The van der Waals surface area contributed by atoms with Crippen molar-refractivity contribution in [2.45, 2.75) is 52.1 Å². The van der Waals surface area contributed by atoms with E-state index < -0.39 is 36.2 Å². The lowest BCUT2D eigenvalue weighted by atomic mass is 10.0. The van der Waals surface area contributed by atoms with Crippen molar-refractivity contribution in [2.75, 3.05) is 6.61 Å². The maximum absolute atomic E-state index is 11.9. The number of esters is 1. The Hall–Kier alpha value is -1.27. The number of hydrogen-bond donors (Lipinski definition) is 0. The van der Waals surface area contributed by atoms with Gasteiger partial charge in [-0.2, -0.15) is 0 Å². The van der Waals surface area contributed by atoms with Gasteiger partial charge in [0.1, 0.15) is 6.42 Å². The number of ether oxygens (including phenoxy) is 3. The minimum absolute atomic E-state index is 0.204. The fourth-order valence-electron chi connectivity index (χ4n) is 1.75. The van der Waals surface area contributed by atoms with Gasteiger partial charge in [0.15, 0.2) is 29.6 Å². The Kier molecular flexibility index (Phi) is 4.59. The largest absolute Gasteiger partial charge is 0.466 e. The zero-order valence-electron chi connectivity index (χ0n) is 11.0. The second-order valence-corrected chi connectivity index (χ2v) is 4.54. The highest BCUT2D eigenvalue weighted by atomic mass is 16.8. The first-order valence-corrected chi connectivity index (χ1v) is 5.81. The SMILES string of the molecule is CCOC(=O)CC(=O)C1OC(C)(C)O[C@H]1C(C)=O. The zero-order valence-corrected chi connectivity index (χ0v) is 11.0. The van der Waals surface area contributed by atoms with Gasteiger partial charge in [-0.25, -0.2) is 0 Å². The Morgan fingerprint density at radius 3 is 2.22 bits per heavy atom. The molecular weight excluding hydrogens is 240 g/mol. The molecule has 0 aromatic rings. The topological polar surface area (TPSA) is 78.9 Å². The van der Waals surface area contributed by atoms with Crippen molar-refractivity contribution in [1.82, 2.24) is 0 Å². The minimum Gasteiger partial charge on any atom is -0.466 e. The molecule has 0 N–H and O–H groups in total. The summed E-state index contributed by atoms with van der Waals surface area (Å²) in [4.78, 5) is 34.5. The smallest absolute Gasteiger partial charge is 0.313 e. The van der Waals surface area contributed by atoms with Crippen molar-refractivity contribution in [2.24, 2.45) is 0 Å². The first kappa shape index (κ1) is 14.8. The Bertz CT molecular complexity index is 360. The van der Waals surface area contributed by atoms with Gasteiger partial charge in [-0.15, -0.1) is 0 Å². The van der Waals surface area contributed by atoms with Crippen LogP contribution in [0.3, 0.4) is 0 Å². The molecule has 6 heteroatoms. The van der Waals surface area contributed by atoms with E-state index in [0.717, 1.165) is 0 Å². The van der Waals surface area contributed by atoms with Gasteiger partial charge in [0.2, 0.25) is 0 Å². The Labute approximate surface area is 106 Å². The first-order valence-electron chi connectivity index (χ1n) is 5.81. The highest BCUT2D eigenvalue weighted by Gasteiger charge is 2.47. The molecule has 0 saturated carbocycles. The van der Waals surface area contributed by atoms with Crippen molar-refractivity contribution in [3.63, 3.8) is 0 Å². The molecule has 1 aliphatic rings. The standard InChI is InChI=1S/C12H18O6/c1-5-16-9(15)6-8(14)11-10(7(2)13)17-12(3,4)18-11/h10-11H,5-6H2,1-4H3/t10-,11?/m0/s1. The van der Waals surface area contributed by atoms with Gasteiger partial charge in [0.25, 0.3) is 0 Å². The molecule has 0 aliphatic carbocycles. The molecule has 0 aromatic carbocycles. The van der Waals surface area contributed by atoms with Crippen molar-refractivity contribution < 1.29 is 28.6 Å². The molecule has 1 heterocycles. The summed E-state index contributed by atoms with van der Waals surface area (Å²) in [5.74, 6) is -2.44. The van der Waals surface area contributed by atoms with Crippen LogP contribution in [0.25, 0.3) is 0 Å². The van der Waals surface area contributed by atoms with Gasteiger partial charge >= 0.3 is 5.97 Å². The van der Waals surface area contributed by atoms with Crippen LogP contribution in [0.15, 0.2) is 0 Å². The molecule has 0 aromatic heterocycles. The summed E-state index contributed by atoms with van der Waals surface area (Å²) in [5, 5.41) is 0. The molecule has 102 valence electrons. The maximum atomic E-state index is 11.9. The van der Waals surface area contributed by atoms with Crippen LogP contribution in [-0.4, -0.2) is 42.1 Å². The van der Waals surface area contributed by atoms with Gasteiger partial charge in [0.05, 0.1) is 6.61 Å². The summed E-state index contributed by atoms with van der Waals surface area (Å²) in [6, 6.07) is 0. The molecular formula is C12H18O6. The lowest BCUT2D eigenvalue weighted by Crippen LogP contribution is -2.37. The van der Waals surface area contributed by atoms with E-state index >= 15 is 0 Å². The first-order chi connectivity index (χ1) is 8.26. The van der Waals surface area contributed by atoms with Crippen LogP contribution in [0.1, 0.15) is 34.1 Å². The van der Waals surface area contributed by atoms with Crippen LogP contribution in [0.2, 0.25) is 0 Å². The van der Waals surface area contributed by atoms with Crippen LogP contribution in [-0.2, 0) is 28.6 Å². The Morgan fingerprint density at radius 2 is 1.72 bits per heavy atom. The maximum Gasteiger partial charge on any atom is 0.313 e. The third-order valence-corrected chi connectivity index (χ3v) is 2.44. The summed E-state index contributed by atoms with van der Waals surface area (Å²) in [7, 11) is 0. The molecule has 0 spiro atoms. The Morgan fingerprint density at radius 1 is 1.17 bits per heavy atom. The second kappa shape index (κ2) is 5.58. The number of carbonyl (C=O) groups excluding carboxylic acids is 3. The van der Waals surface area contributed by atoms with Crippen LogP contribution in [0.5, 0.6) is 0 Å². The molecule has 1 aliphatic heterocycles. The van der Waals surface area contributed by atoms with E-state index in [9.17, 15) is 14.4 Å². The highest BCUT2D eigenvalue weighted by molar-refractivity contribution is 6.01. The van der Waals surface area contributed by atoms with E-state index in [0.29, 0.717) is 0 Å². The number of hydrogen-bond acceptors (Lipinski definition) is 6. The number of Topliss-reactive ketones (excluding diaryl/α,β-unsaturated/α-hetero) is 2. The van der Waals surface area contributed by atoms with Crippen molar-refractivity contribution >= 4 is 17.5 Å². The lowest BCUT2D eigenvalue weighted by molar-refractivity contribution is -0.159. The van der Waals surface area contributed by atoms with E-state index in [1.165, 1.54) is 6.92 Å². The van der Waals surface area contributed by atoms with Crippen molar-refractivity contribution in [1.29, 1.82) is 0 Å². The van der Waals surface area contributed by atoms with E-state index in [1.807, 2.05) is 0 Å². The predicted octanol–water partition coefficient (Wildman–Crippen LogP) is 0.618. The van der Waals surface area contributed by atoms with Crippen LogP contribution in [0.4, 0.5) is 0 Å². The quantitative estimate of drug-likeness (QED) is 0.531. The van der Waals surface area contributed by atoms with Gasteiger partial charge < -0.3 is 14.2 Å². The molecule has 1 saturated heterocycles. The lowest BCUT2D eigenvalue weighted by Gasteiger charge is -2.16. The summed E-state index contributed by atoms with van der Waals surface area (Å²) >= 11 is 0. The molecule has 6 nitrogen and oxygen atoms in total. The van der Waals surface area contributed by atoms with Gasteiger partial charge in [-0.1, -0.05) is 0 Å². The number of rotatable bonds is 5. The van der Waals surface area contributed by atoms with Gasteiger partial charge in [0, 0.05) is 0 Å². The van der Waals surface area contributed by atoms with Gasteiger partial charge in [-0.05, 0) is 27.7 Å². The fourth-order valence-corrected chi connectivity index (χ4v) is 1.75. The molecule has 2 atom stereocenters. The van der Waals surface area contributed by atoms with Crippen molar-refractivity contribution in [3.8, 4) is 0 Å². The van der Waals surface area contributed by atoms with Crippen LogP contribution < -0.4 is 0 Å². The fraction of sp³-hybridized carbons (Fsp3) is 0.750. The zero-order chi connectivity index (χ0) is 13.9. The average molecular weight is 258 g/mol. The molecule has 0 amide bonds. The average Bonchev–Trinajstić information content (AvgIpc) is 2.55. The van der Waals surface area contributed by atoms with E-state index in [4.69, 9.17) is 9.47 Å². The summed E-state index contributed by atoms with van der Waals surface area (Å²) in [6.07, 6.45) is -2.41. The van der Waals surface area contributed by atoms with Crippen LogP contribution >= 0.6 is 0 Å². The monoisotopic (exact) mass is 258 g/mol. The van der Waals surface area contributed by atoms with Crippen LogP contribution in [0, 0.1) is 0 Å². The van der Waals surface area contributed by atoms with Gasteiger partial charge in [-0.3, -0.25) is 14.4 Å². The third kappa shape index (κ3) is 3.61. The van der Waals surface area contributed by atoms with E-state index in [2.05, 4.69) is 4.74 Å². The summed E-state index contributed by atoms with van der Waals surface area (Å²) in [6.45, 7) is 6.40. The second-order valence-electron chi connectivity index (χ2n) is 4.54. The molecule has 0 radical (unpaired) electrons. The molecule has 18 heavy (non-hydrogen) atoms. The normalized spacial score (nSPS) is 25.8. The summed E-state index contributed by atoms with van der Waals surface area (Å²) in [5.41, 5.74) is 0. The Balaban J connectivity index is 2.71. The number of carbonyl (C=O) groups is 3. The summed E-state index contributed by atoms with van der Waals surface area (Å²) < 4.78 is 15.4. The van der Waals surface area contributed by atoms with E-state index in [1.54, 1.807) is 20.8 Å². The molecule has 1 unspecified atom stereocenters.